The Hall–Kier alpha value is -1.84. The number of carbonyl (C=O) groups excluding carboxylic acids is 2. The number of anilines is 1. The highest BCUT2D eigenvalue weighted by atomic mass is 16.2. The molecule has 21 heavy (non-hydrogen) atoms. The van der Waals surface area contributed by atoms with Crippen molar-refractivity contribution in [1.29, 1.82) is 0 Å². The number of hydrogen-bond acceptors (Lipinski definition) is 2. The van der Waals surface area contributed by atoms with Gasteiger partial charge in [0.25, 0.3) is 0 Å². The van der Waals surface area contributed by atoms with Gasteiger partial charge in [0, 0.05) is 31.1 Å². The van der Waals surface area contributed by atoms with E-state index in [1.54, 1.807) is 11.8 Å². The first-order valence-corrected chi connectivity index (χ1v) is 7.27. The summed E-state index contributed by atoms with van der Waals surface area (Å²) in [5, 5.41) is 2.88. The van der Waals surface area contributed by atoms with Crippen molar-refractivity contribution in [2.75, 3.05) is 18.0 Å². The molecule has 0 radical (unpaired) electrons. The van der Waals surface area contributed by atoms with Crippen LogP contribution in [0.2, 0.25) is 0 Å². The summed E-state index contributed by atoms with van der Waals surface area (Å²) < 4.78 is 0. The molecule has 0 saturated carbocycles. The minimum absolute atomic E-state index is 0.00744. The van der Waals surface area contributed by atoms with E-state index in [1.807, 2.05) is 52.8 Å². The molecule has 0 atom stereocenters. The number of carbonyl (C=O) groups is 2. The molecule has 0 heterocycles. The van der Waals surface area contributed by atoms with Crippen molar-refractivity contribution in [1.82, 2.24) is 5.32 Å². The van der Waals surface area contributed by atoms with Crippen LogP contribution in [0.4, 0.5) is 5.69 Å². The highest BCUT2D eigenvalue weighted by molar-refractivity contribution is 5.92. The zero-order chi connectivity index (χ0) is 16.2. The van der Waals surface area contributed by atoms with E-state index in [9.17, 15) is 9.59 Å². The molecular formula is C17H26N2O2. The van der Waals surface area contributed by atoms with Gasteiger partial charge >= 0.3 is 0 Å². The van der Waals surface area contributed by atoms with Gasteiger partial charge in [-0.1, -0.05) is 32.9 Å². The molecule has 0 bridgehead atoms. The van der Waals surface area contributed by atoms with Crippen LogP contribution < -0.4 is 10.2 Å². The Kier molecular flexibility index (Phi) is 5.53. The average molecular weight is 290 g/mol. The monoisotopic (exact) mass is 290 g/mol. The molecule has 0 unspecified atom stereocenters. The molecule has 0 aromatic heterocycles. The van der Waals surface area contributed by atoms with Crippen LogP contribution in [0.1, 0.15) is 38.8 Å². The third-order valence-electron chi connectivity index (χ3n) is 3.55. The Bertz CT molecular complexity index is 530. The van der Waals surface area contributed by atoms with Crippen molar-refractivity contribution in [2.45, 2.75) is 41.5 Å². The summed E-state index contributed by atoms with van der Waals surface area (Å²) in [4.78, 5) is 25.5. The molecule has 0 aliphatic heterocycles. The van der Waals surface area contributed by atoms with E-state index in [0.717, 1.165) is 16.8 Å². The van der Waals surface area contributed by atoms with Crippen molar-refractivity contribution in [3.63, 3.8) is 0 Å². The molecule has 0 spiro atoms. The number of amides is 2. The molecule has 0 fully saturated rings. The first-order chi connectivity index (χ1) is 9.64. The maximum atomic E-state index is 11.9. The Morgan fingerprint density at radius 3 is 2.33 bits per heavy atom. The van der Waals surface area contributed by atoms with Crippen molar-refractivity contribution in [2.24, 2.45) is 5.41 Å². The van der Waals surface area contributed by atoms with Gasteiger partial charge in [0.05, 0.1) is 0 Å². The lowest BCUT2D eigenvalue weighted by molar-refractivity contribution is -0.128. The second-order valence-corrected chi connectivity index (χ2v) is 6.40. The molecule has 4 nitrogen and oxygen atoms in total. The van der Waals surface area contributed by atoms with Gasteiger partial charge in [-0.3, -0.25) is 9.59 Å². The molecule has 0 saturated heterocycles. The van der Waals surface area contributed by atoms with Gasteiger partial charge in [0.15, 0.2) is 0 Å². The van der Waals surface area contributed by atoms with Crippen LogP contribution in [0.25, 0.3) is 0 Å². The van der Waals surface area contributed by atoms with Gasteiger partial charge in [-0.05, 0) is 31.0 Å². The van der Waals surface area contributed by atoms with Crippen molar-refractivity contribution in [3.8, 4) is 0 Å². The van der Waals surface area contributed by atoms with Crippen LogP contribution in [0.15, 0.2) is 18.2 Å². The number of hydrogen-bond donors (Lipinski definition) is 1. The van der Waals surface area contributed by atoms with Gasteiger partial charge in [-0.25, -0.2) is 0 Å². The van der Waals surface area contributed by atoms with Crippen LogP contribution in [-0.2, 0) is 9.59 Å². The van der Waals surface area contributed by atoms with Crippen LogP contribution in [-0.4, -0.2) is 24.9 Å². The summed E-state index contributed by atoms with van der Waals surface area (Å²) in [6, 6.07) is 5.91. The Labute approximate surface area is 127 Å². The molecule has 1 rings (SSSR count). The van der Waals surface area contributed by atoms with Crippen molar-refractivity contribution in [3.05, 3.63) is 29.3 Å². The number of benzene rings is 1. The quantitative estimate of drug-likeness (QED) is 0.927. The van der Waals surface area contributed by atoms with Gasteiger partial charge in [-0.2, -0.15) is 0 Å². The molecule has 0 aliphatic carbocycles. The predicted molar refractivity (Wildman–Crippen MR) is 86.4 cm³/mol. The van der Waals surface area contributed by atoms with Crippen molar-refractivity contribution < 1.29 is 9.59 Å². The highest BCUT2D eigenvalue weighted by Crippen LogP contribution is 2.22. The second kappa shape index (κ2) is 6.74. The first kappa shape index (κ1) is 17.2. The fraction of sp³-hybridized carbons (Fsp3) is 0.529. The number of nitrogens with one attached hydrogen (secondary N) is 1. The average Bonchev–Trinajstić information content (AvgIpc) is 2.37. The fourth-order valence-corrected chi connectivity index (χ4v) is 2.02. The lowest BCUT2D eigenvalue weighted by Crippen LogP contribution is -2.41. The Balaban J connectivity index is 2.79. The molecule has 1 N–H and O–H groups in total. The van der Waals surface area contributed by atoms with E-state index in [1.165, 1.54) is 0 Å². The van der Waals surface area contributed by atoms with Crippen LogP contribution >= 0.6 is 0 Å². The van der Waals surface area contributed by atoms with Crippen LogP contribution in [0.5, 0.6) is 0 Å². The number of aryl methyl sites for hydroxylation is 1. The predicted octanol–water partition coefficient (Wildman–Crippen LogP) is 2.82. The molecule has 2 amide bonds. The van der Waals surface area contributed by atoms with E-state index in [0.29, 0.717) is 13.1 Å². The summed E-state index contributed by atoms with van der Waals surface area (Å²) >= 11 is 0. The van der Waals surface area contributed by atoms with Gasteiger partial charge < -0.3 is 10.2 Å². The fourth-order valence-electron chi connectivity index (χ4n) is 2.02. The maximum Gasteiger partial charge on any atom is 0.225 e. The van der Waals surface area contributed by atoms with E-state index >= 15 is 0 Å². The Morgan fingerprint density at radius 2 is 1.81 bits per heavy atom. The summed E-state index contributed by atoms with van der Waals surface area (Å²) in [6.07, 6.45) is 0. The van der Waals surface area contributed by atoms with Crippen molar-refractivity contribution >= 4 is 17.5 Å². The van der Waals surface area contributed by atoms with Crippen LogP contribution in [0.3, 0.4) is 0 Å². The first-order valence-electron chi connectivity index (χ1n) is 7.27. The smallest absolute Gasteiger partial charge is 0.225 e. The minimum Gasteiger partial charge on any atom is -0.354 e. The van der Waals surface area contributed by atoms with E-state index in [2.05, 4.69) is 5.32 Å². The lowest BCUT2D eigenvalue weighted by atomic mass is 9.96. The molecule has 116 valence electrons. The zero-order valence-corrected chi connectivity index (χ0v) is 13.9. The third kappa shape index (κ3) is 4.59. The molecule has 1 aromatic carbocycles. The topological polar surface area (TPSA) is 49.4 Å². The van der Waals surface area contributed by atoms with Crippen LogP contribution in [0, 0.1) is 19.3 Å². The third-order valence-corrected chi connectivity index (χ3v) is 3.55. The lowest BCUT2D eigenvalue weighted by Gasteiger charge is -2.25. The molecule has 1 aromatic rings. The van der Waals surface area contributed by atoms with Gasteiger partial charge in [0.2, 0.25) is 11.8 Å². The summed E-state index contributed by atoms with van der Waals surface area (Å²) in [7, 11) is 0. The standard InChI is InChI=1S/C17H26N2O2/c1-12-8-7-9-15(13(12)2)19(14(3)20)11-10-18-16(21)17(4,5)6/h7-9H,10-11H2,1-6H3,(H,18,21). The summed E-state index contributed by atoms with van der Waals surface area (Å²) in [5.74, 6) is -0.0272. The molecule has 0 aliphatic rings. The van der Waals surface area contributed by atoms with E-state index in [-0.39, 0.29) is 11.8 Å². The van der Waals surface area contributed by atoms with Gasteiger partial charge in [-0.15, -0.1) is 0 Å². The highest BCUT2D eigenvalue weighted by Gasteiger charge is 2.21. The Morgan fingerprint density at radius 1 is 1.19 bits per heavy atom. The second-order valence-electron chi connectivity index (χ2n) is 6.40. The normalized spacial score (nSPS) is 11.1. The summed E-state index contributed by atoms with van der Waals surface area (Å²) in [5.41, 5.74) is 2.74. The van der Waals surface area contributed by atoms with E-state index < -0.39 is 5.41 Å². The van der Waals surface area contributed by atoms with E-state index in [4.69, 9.17) is 0 Å². The number of rotatable bonds is 4. The largest absolute Gasteiger partial charge is 0.354 e. The SMILES string of the molecule is CC(=O)N(CCNC(=O)C(C)(C)C)c1cccc(C)c1C. The molecule has 4 heteroatoms. The minimum atomic E-state index is -0.416. The number of nitrogens with zero attached hydrogens (tertiary/aromatic N) is 1. The molecular weight excluding hydrogens is 264 g/mol. The van der Waals surface area contributed by atoms with Gasteiger partial charge in [0.1, 0.15) is 0 Å². The zero-order valence-electron chi connectivity index (χ0n) is 13.9. The maximum absolute atomic E-state index is 11.9. The summed E-state index contributed by atoms with van der Waals surface area (Å²) in [6.45, 7) is 12.1.